The molecule has 1 fully saturated rings. The van der Waals surface area contributed by atoms with Crippen molar-refractivity contribution in [3.63, 3.8) is 0 Å². The van der Waals surface area contributed by atoms with E-state index in [1.54, 1.807) is 13.8 Å². The van der Waals surface area contributed by atoms with Crippen LogP contribution in [0.3, 0.4) is 0 Å². The molecule has 0 aliphatic carbocycles. The fourth-order valence-corrected chi connectivity index (χ4v) is 3.16. The third kappa shape index (κ3) is 4.24. The Morgan fingerprint density at radius 2 is 2.00 bits per heavy atom. The maximum atomic E-state index is 11.8. The minimum Gasteiger partial charge on any atom is -0.480 e. The number of rotatable bonds is 5. The number of hydrogen-bond donors (Lipinski definition) is 1. The zero-order valence-corrected chi connectivity index (χ0v) is 11.9. The lowest BCUT2D eigenvalue weighted by Gasteiger charge is -2.26. The fraction of sp³-hybridized carbons (Fsp3) is 0.917. The lowest BCUT2D eigenvalue weighted by atomic mass is 10.1. The van der Waals surface area contributed by atoms with E-state index in [1.165, 1.54) is 0 Å². The Bertz CT molecular complexity index is 378. The molecular formula is C12H23NO4S. The van der Waals surface area contributed by atoms with Crippen molar-refractivity contribution in [2.75, 3.05) is 18.8 Å². The van der Waals surface area contributed by atoms with E-state index in [9.17, 15) is 18.3 Å². The maximum absolute atomic E-state index is 11.8. The molecule has 1 saturated heterocycles. The van der Waals surface area contributed by atoms with Crippen LogP contribution >= 0.6 is 0 Å². The minimum atomic E-state index is -3.09. The van der Waals surface area contributed by atoms with E-state index < -0.39 is 27.1 Å². The van der Waals surface area contributed by atoms with Crippen molar-refractivity contribution in [2.24, 2.45) is 0 Å². The molecule has 1 unspecified atom stereocenters. The first-order chi connectivity index (χ1) is 8.34. The highest BCUT2D eigenvalue weighted by Crippen LogP contribution is 2.17. The van der Waals surface area contributed by atoms with Gasteiger partial charge in [-0.25, -0.2) is 8.42 Å². The molecular weight excluding hydrogens is 254 g/mol. The van der Waals surface area contributed by atoms with Gasteiger partial charge in [-0.1, -0.05) is 12.8 Å². The van der Waals surface area contributed by atoms with Gasteiger partial charge in [-0.15, -0.1) is 0 Å². The molecule has 1 heterocycles. The smallest absolute Gasteiger partial charge is 0.320 e. The largest absolute Gasteiger partial charge is 0.480 e. The molecule has 1 rings (SSSR count). The molecule has 18 heavy (non-hydrogen) atoms. The van der Waals surface area contributed by atoms with E-state index in [1.807, 2.05) is 4.90 Å². The number of sulfone groups is 1. The number of carbonyl (C=O) groups is 1. The van der Waals surface area contributed by atoms with Crippen LogP contribution in [0.5, 0.6) is 0 Å². The fourth-order valence-electron chi connectivity index (χ4n) is 2.20. The van der Waals surface area contributed by atoms with Gasteiger partial charge in [-0.2, -0.15) is 0 Å². The Morgan fingerprint density at radius 3 is 2.56 bits per heavy atom. The highest BCUT2D eigenvalue weighted by atomic mass is 32.2. The molecule has 0 aromatic rings. The standard InChI is InChI=1S/C12H23NO4S/c1-10(2)18(16,17)9-8-13-7-5-3-4-6-11(13)12(14)15/h10-11H,3-9H2,1-2H3,(H,14,15). The number of hydrogen-bond acceptors (Lipinski definition) is 4. The summed E-state index contributed by atoms with van der Waals surface area (Å²) in [6.45, 7) is 4.33. The summed E-state index contributed by atoms with van der Waals surface area (Å²) >= 11 is 0. The molecule has 106 valence electrons. The van der Waals surface area contributed by atoms with Gasteiger partial charge in [0.05, 0.1) is 11.0 Å². The monoisotopic (exact) mass is 277 g/mol. The molecule has 0 aromatic heterocycles. The van der Waals surface area contributed by atoms with Gasteiger partial charge >= 0.3 is 5.97 Å². The van der Waals surface area contributed by atoms with Crippen molar-refractivity contribution in [1.82, 2.24) is 4.90 Å². The van der Waals surface area contributed by atoms with Crippen LogP contribution < -0.4 is 0 Å². The minimum absolute atomic E-state index is 0.0500. The molecule has 1 atom stereocenters. The van der Waals surface area contributed by atoms with Gasteiger partial charge in [0.25, 0.3) is 0 Å². The van der Waals surface area contributed by atoms with Crippen LogP contribution in [0.4, 0.5) is 0 Å². The number of aliphatic carboxylic acids is 1. The average Bonchev–Trinajstić information content (AvgIpc) is 2.51. The number of carboxylic acid groups (broad SMARTS) is 1. The Kier molecular flexibility index (Phi) is 5.59. The molecule has 6 heteroatoms. The zero-order chi connectivity index (χ0) is 13.8. The van der Waals surface area contributed by atoms with Crippen molar-refractivity contribution >= 4 is 15.8 Å². The molecule has 1 aliphatic heterocycles. The van der Waals surface area contributed by atoms with Crippen molar-refractivity contribution in [3.8, 4) is 0 Å². The SMILES string of the molecule is CC(C)S(=O)(=O)CCN1CCCCCC1C(=O)O. The van der Waals surface area contributed by atoms with E-state index in [4.69, 9.17) is 0 Å². The summed E-state index contributed by atoms with van der Waals surface area (Å²) in [5.41, 5.74) is 0. The van der Waals surface area contributed by atoms with E-state index in [0.717, 1.165) is 19.3 Å². The van der Waals surface area contributed by atoms with Crippen LogP contribution in [0, 0.1) is 0 Å². The maximum Gasteiger partial charge on any atom is 0.320 e. The average molecular weight is 277 g/mol. The quantitative estimate of drug-likeness (QED) is 0.815. The van der Waals surface area contributed by atoms with Gasteiger partial charge in [0.2, 0.25) is 0 Å². The Morgan fingerprint density at radius 1 is 1.33 bits per heavy atom. The molecule has 0 spiro atoms. The summed E-state index contributed by atoms with van der Waals surface area (Å²) in [5.74, 6) is -0.784. The van der Waals surface area contributed by atoms with Crippen LogP contribution in [0.15, 0.2) is 0 Å². The van der Waals surface area contributed by atoms with E-state index in [0.29, 0.717) is 19.5 Å². The van der Waals surface area contributed by atoms with Crippen LogP contribution in [-0.4, -0.2) is 54.5 Å². The summed E-state index contributed by atoms with van der Waals surface area (Å²) in [5, 5.41) is 8.79. The molecule has 5 nitrogen and oxygen atoms in total. The Hall–Kier alpha value is -0.620. The molecule has 0 aromatic carbocycles. The van der Waals surface area contributed by atoms with Crippen LogP contribution in [0.2, 0.25) is 0 Å². The normalized spacial score (nSPS) is 22.9. The molecule has 0 amide bonds. The van der Waals surface area contributed by atoms with Crippen molar-refractivity contribution in [3.05, 3.63) is 0 Å². The molecule has 0 radical (unpaired) electrons. The predicted molar refractivity (Wildman–Crippen MR) is 70.4 cm³/mol. The summed E-state index contributed by atoms with van der Waals surface area (Å²) < 4.78 is 23.5. The van der Waals surface area contributed by atoms with Crippen LogP contribution in [-0.2, 0) is 14.6 Å². The summed E-state index contributed by atoms with van der Waals surface area (Å²) in [4.78, 5) is 13.0. The first-order valence-corrected chi connectivity index (χ1v) is 8.24. The Labute approximate surface area is 109 Å². The number of likely N-dealkylation sites (tertiary alicyclic amines) is 1. The highest BCUT2D eigenvalue weighted by molar-refractivity contribution is 7.92. The highest BCUT2D eigenvalue weighted by Gasteiger charge is 2.28. The van der Waals surface area contributed by atoms with Gasteiger partial charge in [0.15, 0.2) is 9.84 Å². The van der Waals surface area contributed by atoms with E-state index in [2.05, 4.69) is 0 Å². The van der Waals surface area contributed by atoms with Crippen LogP contribution in [0.1, 0.15) is 39.5 Å². The van der Waals surface area contributed by atoms with Gasteiger partial charge in [-0.3, -0.25) is 9.69 Å². The molecule has 0 saturated carbocycles. The van der Waals surface area contributed by atoms with Gasteiger partial charge < -0.3 is 5.11 Å². The van der Waals surface area contributed by atoms with Gasteiger partial charge in [0.1, 0.15) is 6.04 Å². The van der Waals surface area contributed by atoms with Crippen molar-refractivity contribution in [2.45, 2.75) is 50.8 Å². The second-order valence-corrected chi connectivity index (χ2v) is 7.83. The van der Waals surface area contributed by atoms with E-state index in [-0.39, 0.29) is 5.75 Å². The Balaban J connectivity index is 2.64. The third-order valence-electron chi connectivity index (χ3n) is 3.53. The van der Waals surface area contributed by atoms with Crippen molar-refractivity contribution in [1.29, 1.82) is 0 Å². The van der Waals surface area contributed by atoms with E-state index >= 15 is 0 Å². The first-order valence-electron chi connectivity index (χ1n) is 6.53. The lowest BCUT2D eigenvalue weighted by Crippen LogP contribution is -2.43. The lowest BCUT2D eigenvalue weighted by molar-refractivity contribution is -0.143. The second kappa shape index (κ2) is 6.52. The topological polar surface area (TPSA) is 74.7 Å². The zero-order valence-electron chi connectivity index (χ0n) is 11.1. The number of carboxylic acids is 1. The van der Waals surface area contributed by atoms with Gasteiger partial charge in [-0.05, 0) is 33.2 Å². The predicted octanol–water partition coefficient (Wildman–Crippen LogP) is 1.14. The van der Waals surface area contributed by atoms with Crippen molar-refractivity contribution < 1.29 is 18.3 Å². The number of nitrogens with zero attached hydrogens (tertiary/aromatic N) is 1. The first kappa shape index (κ1) is 15.4. The molecule has 1 N–H and O–H groups in total. The molecule has 1 aliphatic rings. The summed E-state index contributed by atoms with van der Waals surface area (Å²) in [6, 6.07) is -0.519. The summed E-state index contributed by atoms with van der Waals surface area (Å²) in [7, 11) is -3.09. The molecule has 0 bridgehead atoms. The summed E-state index contributed by atoms with van der Waals surface area (Å²) in [6.07, 6.45) is 3.50. The van der Waals surface area contributed by atoms with Gasteiger partial charge in [0, 0.05) is 6.54 Å². The second-order valence-electron chi connectivity index (χ2n) is 5.16. The third-order valence-corrected chi connectivity index (χ3v) is 5.72. The van der Waals surface area contributed by atoms with Crippen LogP contribution in [0.25, 0.3) is 0 Å².